The predicted octanol–water partition coefficient (Wildman–Crippen LogP) is 3.72. The highest BCUT2D eigenvalue weighted by atomic mass is 35.5. The van der Waals surface area contributed by atoms with E-state index in [0.29, 0.717) is 21.2 Å². The third-order valence-electron chi connectivity index (χ3n) is 3.39. The number of hydrogen-bond donors (Lipinski definition) is 1. The van der Waals surface area contributed by atoms with E-state index >= 15 is 0 Å². The first-order valence-electron chi connectivity index (χ1n) is 5.98. The van der Waals surface area contributed by atoms with Crippen LogP contribution in [0.2, 0.25) is 10.0 Å². The van der Waals surface area contributed by atoms with Gasteiger partial charge in [-0.1, -0.05) is 59.6 Å². The summed E-state index contributed by atoms with van der Waals surface area (Å²) in [7, 11) is 0. The lowest BCUT2D eigenvalue weighted by Gasteiger charge is -2.16. The Morgan fingerprint density at radius 2 is 1.45 bits per heavy atom. The number of halogens is 2. The normalized spacial score (nSPS) is 19.6. The monoisotopic (exact) mass is 308 g/mol. The second-order valence-electron chi connectivity index (χ2n) is 4.53. The molecule has 1 fully saturated rings. The van der Waals surface area contributed by atoms with E-state index in [4.69, 9.17) is 27.9 Å². The summed E-state index contributed by atoms with van der Waals surface area (Å²) in [4.78, 5) is 11.3. The van der Waals surface area contributed by atoms with E-state index in [2.05, 4.69) is 0 Å². The number of aliphatic carboxylic acids is 1. The van der Waals surface area contributed by atoms with E-state index in [9.17, 15) is 9.90 Å². The summed E-state index contributed by atoms with van der Waals surface area (Å²) in [6.07, 6.45) is -0.984. The van der Waals surface area contributed by atoms with Crippen molar-refractivity contribution < 1.29 is 14.6 Å². The Hall–Kier alpha value is -1.55. The Balaban J connectivity index is 2.21. The summed E-state index contributed by atoms with van der Waals surface area (Å²) in [5.41, 5.74) is 0.118. The molecule has 1 aliphatic rings. The summed E-state index contributed by atoms with van der Waals surface area (Å²) >= 11 is 12.4. The molecule has 1 aliphatic heterocycles. The molecule has 3 rings (SSSR count). The van der Waals surface area contributed by atoms with Gasteiger partial charge in [0.25, 0.3) is 0 Å². The Bertz CT molecular complexity index is 639. The standard InChI is InChI=1S/C15H10Cl2O3/c16-11-7-3-1-5-9(11)15(13(20-15)14(18)19)10-6-2-4-8-12(10)17/h1-8,13H,(H,18,19). The van der Waals surface area contributed by atoms with Gasteiger partial charge in [0.2, 0.25) is 0 Å². The SMILES string of the molecule is O=C(O)C1OC1(c1ccccc1Cl)c1ccccc1Cl. The van der Waals surface area contributed by atoms with E-state index in [1.165, 1.54) is 0 Å². The van der Waals surface area contributed by atoms with Crippen LogP contribution in [-0.4, -0.2) is 17.2 Å². The summed E-state index contributed by atoms with van der Waals surface area (Å²) in [5, 5.41) is 10.2. The van der Waals surface area contributed by atoms with E-state index in [0.717, 1.165) is 0 Å². The first-order chi connectivity index (χ1) is 9.57. The molecule has 0 aliphatic carbocycles. The summed E-state index contributed by atoms with van der Waals surface area (Å²) in [5.74, 6) is -1.04. The largest absolute Gasteiger partial charge is 0.479 e. The number of carbonyl (C=O) groups is 1. The molecule has 0 bridgehead atoms. The first kappa shape index (κ1) is 13.4. The lowest BCUT2D eigenvalue weighted by molar-refractivity contribution is -0.138. The van der Waals surface area contributed by atoms with Crippen LogP contribution < -0.4 is 0 Å². The zero-order valence-corrected chi connectivity index (χ0v) is 11.7. The Labute approximate surface area is 125 Å². The molecule has 1 unspecified atom stereocenters. The Kier molecular flexibility index (Phi) is 3.21. The molecule has 2 aromatic carbocycles. The maximum Gasteiger partial charge on any atom is 0.336 e. The number of carboxylic acid groups (broad SMARTS) is 1. The van der Waals surface area contributed by atoms with Gasteiger partial charge in [0, 0.05) is 21.2 Å². The molecule has 1 heterocycles. The van der Waals surface area contributed by atoms with Crippen molar-refractivity contribution >= 4 is 29.2 Å². The van der Waals surface area contributed by atoms with Gasteiger partial charge < -0.3 is 9.84 Å². The zero-order chi connectivity index (χ0) is 14.3. The first-order valence-corrected chi connectivity index (χ1v) is 6.73. The van der Waals surface area contributed by atoms with Crippen LogP contribution >= 0.6 is 23.2 Å². The molecule has 1 N–H and O–H groups in total. The van der Waals surface area contributed by atoms with Crippen molar-refractivity contribution in [1.82, 2.24) is 0 Å². The fraction of sp³-hybridized carbons (Fsp3) is 0.133. The maximum absolute atomic E-state index is 11.3. The highest BCUT2D eigenvalue weighted by Crippen LogP contribution is 2.55. The van der Waals surface area contributed by atoms with Crippen molar-refractivity contribution in [2.24, 2.45) is 0 Å². The van der Waals surface area contributed by atoms with Crippen molar-refractivity contribution in [2.75, 3.05) is 0 Å². The molecule has 1 saturated heterocycles. The number of epoxide rings is 1. The van der Waals surface area contributed by atoms with Crippen LogP contribution in [-0.2, 0) is 15.1 Å². The van der Waals surface area contributed by atoms with Crippen molar-refractivity contribution in [3.8, 4) is 0 Å². The van der Waals surface area contributed by atoms with Gasteiger partial charge in [-0.3, -0.25) is 0 Å². The number of ether oxygens (including phenoxy) is 1. The molecule has 102 valence electrons. The third-order valence-corrected chi connectivity index (χ3v) is 4.05. The highest BCUT2D eigenvalue weighted by Gasteiger charge is 2.65. The van der Waals surface area contributed by atoms with Gasteiger partial charge in [-0.05, 0) is 12.1 Å². The molecule has 0 saturated carbocycles. The van der Waals surface area contributed by atoms with Crippen molar-refractivity contribution in [1.29, 1.82) is 0 Å². The van der Waals surface area contributed by atoms with Gasteiger partial charge >= 0.3 is 5.97 Å². The molecule has 0 radical (unpaired) electrons. The number of hydrogen-bond acceptors (Lipinski definition) is 2. The molecule has 3 nitrogen and oxygen atoms in total. The van der Waals surface area contributed by atoms with Crippen LogP contribution in [0.3, 0.4) is 0 Å². The van der Waals surface area contributed by atoms with Crippen LogP contribution in [0.15, 0.2) is 48.5 Å². The summed E-state index contributed by atoms with van der Waals surface area (Å²) in [6.45, 7) is 0. The average Bonchev–Trinajstić information content (AvgIpc) is 3.16. The molecule has 0 spiro atoms. The van der Waals surface area contributed by atoms with Gasteiger partial charge in [-0.2, -0.15) is 0 Å². The number of carboxylic acids is 1. The average molecular weight is 309 g/mol. The minimum Gasteiger partial charge on any atom is -0.479 e. The quantitative estimate of drug-likeness (QED) is 0.879. The smallest absolute Gasteiger partial charge is 0.336 e. The van der Waals surface area contributed by atoms with E-state index in [1.807, 2.05) is 0 Å². The maximum atomic E-state index is 11.3. The van der Waals surface area contributed by atoms with Crippen molar-refractivity contribution in [2.45, 2.75) is 11.7 Å². The molecule has 20 heavy (non-hydrogen) atoms. The highest BCUT2D eigenvalue weighted by molar-refractivity contribution is 6.32. The fourth-order valence-corrected chi connectivity index (χ4v) is 3.01. The van der Waals surface area contributed by atoms with E-state index in [1.54, 1.807) is 48.5 Å². The molecular weight excluding hydrogens is 299 g/mol. The number of rotatable bonds is 3. The molecule has 2 aromatic rings. The van der Waals surface area contributed by atoms with E-state index < -0.39 is 17.7 Å². The van der Waals surface area contributed by atoms with Gasteiger partial charge in [-0.15, -0.1) is 0 Å². The minimum absolute atomic E-state index is 0.455. The van der Waals surface area contributed by atoms with Crippen LogP contribution in [0.4, 0.5) is 0 Å². The zero-order valence-electron chi connectivity index (χ0n) is 10.2. The number of benzene rings is 2. The van der Waals surface area contributed by atoms with Crippen LogP contribution in [0.25, 0.3) is 0 Å². The predicted molar refractivity (Wildman–Crippen MR) is 76.2 cm³/mol. The van der Waals surface area contributed by atoms with Gasteiger partial charge in [0.15, 0.2) is 11.7 Å². The minimum atomic E-state index is -1.11. The molecule has 0 amide bonds. The van der Waals surface area contributed by atoms with Gasteiger partial charge in [0.05, 0.1) is 0 Å². The molecule has 5 heteroatoms. The van der Waals surface area contributed by atoms with Gasteiger partial charge in [0.1, 0.15) is 0 Å². The Morgan fingerprint density at radius 1 is 1.00 bits per heavy atom. The van der Waals surface area contributed by atoms with E-state index in [-0.39, 0.29) is 0 Å². The lowest BCUT2D eigenvalue weighted by atomic mass is 9.87. The lowest BCUT2D eigenvalue weighted by Crippen LogP contribution is -2.21. The van der Waals surface area contributed by atoms with Crippen LogP contribution in [0, 0.1) is 0 Å². The second kappa shape index (κ2) is 4.77. The molecule has 0 aromatic heterocycles. The Morgan fingerprint density at radius 3 is 1.80 bits per heavy atom. The van der Waals surface area contributed by atoms with Crippen LogP contribution in [0.1, 0.15) is 11.1 Å². The summed E-state index contributed by atoms with van der Waals surface area (Å²) in [6, 6.07) is 14.1. The molecular formula is C15H10Cl2O3. The van der Waals surface area contributed by atoms with Crippen molar-refractivity contribution in [3.63, 3.8) is 0 Å². The third kappa shape index (κ3) is 1.90. The fourth-order valence-electron chi connectivity index (χ4n) is 2.46. The summed E-state index contributed by atoms with van der Waals surface area (Å²) < 4.78 is 5.53. The van der Waals surface area contributed by atoms with Gasteiger partial charge in [-0.25, -0.2) is 4.79 Å². The van der Waals surface area contributed by atoms with Crippen LogP contribution in [0.5, 0.6) is 0 Å². The van der Waals surface area contributed by atoms with Crippen molar-refractivity contribution in [3.05, 3.63) is 69.7 Å². The molecule has 1 atom stereocenters. The topological polar surface area (TPSA) is 49.8 Å². The second-order valence-corrected chi connectivity index (χ2v) is 5.35.